The van der Waals surface area contributed by atoms with E-state index in [1.807, 2.05) is 6.20 Å². The van der Waals surface area contributed by atoms with Gasteiger partial charge in [0.15, 0.2) is 15.6 Å². The van der Waals surface area contributed by atoms with Crippen LogP contribution in [0.1, 0.15) is 24.5 Å². The van der Waals surface area contributed by atoms with Crippen LogP contribution in [0.2, 0.25) is 0 Å². The van der Waals surface area contributed by atoms with Gasteiger partial charge in [-0.3, -0.25) is 0 Å². The van der Waals surface area contributed by atoms with Gasteiger partial charge in [0.25, 0.3) is 0 Å². The summed E-state index contributed by atoms with van der Waals surface area (Å²) >= 11 is 1.40. The Morgan fingerprint density at radius 1 is 1.38 bits per heavy atom. The molecule has 0 aromatic carbocycles. The number of fused-ring (bicyclic) bond motifs is 1. The molecule has 1 fully saturated rings. The minimum absolute atomic E-state index is 0.544. The Labute approximate surface area is 78.8 Å². The zero-order valence-corrected chi connectivity index (χ0v) is 7.71. The van der Waals surface area contributed by atoms with E-state index in [1.54, 1.807) is 0 Å². The molecule has 5 heteroatoms. The first-order valence-electron chi connectivity index (χ1n) is 4.22. The van der Waals surface area contributed by atoms with E-state index in [2.05, 4.69) is 15.0 Å². The normalized spacial score (nSPS) is 16.6. The predicted molar refractivity (Wildman–Crippen MR) is 51.6 cm³/mol. The summed E-state index contributed by atoms with van der Waals surface area (Å²) in [6.07, 6.45) is 4.31. The lowest BCUT2D eigenvalue weighted by molar-refractivity contribution is 1.02. The van der Waals surface area contributed by atoms with Gasteiger partial charge in [-0.1, -0.05) is 11.3 Å². The lowest BCUT2D eigenvalue weighted by Gasteiger charge is -1.93. The van der Waals surface area contributed by atoms with E-state index >= 15 is 0 Å². The summed E-state index contributed by atoms with van der Waals surface area (Å²) in [5.41, 5.74) is 7.33. The molecule has 2 N–H and O–H groups in total. The third-order valence-electron chi connectivity index (χ3n) is 2.15. The number of hydrogen-bond acceptors (Lipinski definition) is 5. The van der Waals surface area contributed by atoms with Crippen LogP contribution in [0.3, 0.4) is 0 Å². The fourth-order valence-electron chi connectivity index (χ4n) is 1.33. The summed E-state index contributed by atoms with van der Waals surface area (Å²) in [7, 11) is 0. The minimum Gasteiger partial charge on any atom is -0.375 e. The van der Waals surface area contributed by atoms with Gasteiger partial charge in [-0.15, -0.1) is 0 Å². The Kier molecular flexibility index (Phi) is 1.32. The molecule has 0 amide bonds. The summed E-state index contributed by atoms with van der Waals surface area (Å²) in [6.45, 7) is 0. The second-order valence-electron chi connectivity index (χ2n) is 3.25. The monoisotopic (exact) mass is 192 g/mol. The van der Waals surface area contributed by atoms with E-state index in [1.165, 1.54) is 24.2 Å². The summed E-state index contributed by atoms with van der Waals surface area (Å²) < 4.78 is 0. The Balaban J connectivity index is 2.20. The van der Waals surface area contributed by atoms with Gasteiger partial charge in [-0.25, -0.2) is 9.97 Å². The van der Waals surface area contributed by atoms with Crippen molar-refractivity contribution in [2.24, 2.45) is 0 Å². The molecule has 0 spiro atoms. The second-order valence-corrected chi connectivity index (χ2v) is 4.26. The van der Waals surface area contributed by atoms with Gasteiger partial charge in [-0.2, -0.15) is 4.98 Å². The highest BCUT2D eigenvalue weighted by atomic mass is 32.1. The molecule has 13 heavy (non-hydrogen) atoms. The number of hydrogen-bond donors (Lipinski definition) is 1. The molecule has 2 heterocycles. The molecule has 3 rings (SSSR count). The molecular weight excluding hydrogens is 184 g/mol. The Hall–Kier alpha value is -1.23. The van der Waals surface area contributed by atoms with Gasteiger partial charge in [0.2, 0.25) is 0 Å². The number of anilines is 1. The van der Waals surface area contributed by atoms with E-state index in [-0.39, 0.29) is 0 Å². The molecule has 0 unspecified atom stereocenters. The van der Waals surface area contributed by atoms with Crippen molar-refractivity contribution in [2.75, 3.05) is 5.73 Å². The quantitative estimate of drug-likeness (QED) is 0.744. The average molecular weight is 192 g/mol. The highest BCUT2D eigenvalue weighted by Gasteiger charge is 2.25. The summed E-state index contributed by atoms with van der Waals surface area (Å²) in [5.74, 6) is 0.639. The average Bonchev–Trinajstić information content (AvgIpc) is 2.87. The maximum atomic E-state index is 5.56. The number of nitrogens with zero attached hydrogens (tertiary/aromatic N) is 3. The van der Waals surface area contributed by atoms with Crippen LogP contribution >= 0.6 is 11.3 Å². The summed E-state index contributed by atoms with van der Waals surface area (Å²) in [5, 5.41) is 0.544. The zero-order chi connectivity index (χ0) is 8.84. The van der Waals surface area contributed by atoms with Crippen molar-refractivity contribution < 1.29 is 0 Å². The number of nitrogens with two attached hydrogens (primary N) is 1. The van der Waals surface area contributed by atoms with Crippen molar-refractivity contribution in [3.8, 4) is 0 Å². The third-order valence-corrected chi connectivity index (χ3v) is 2.92. The molecule has 0 aliphatic heterocycles. The number of thiazole rings is 1. The first-order chi connectivity index (χ1) is 6.33. The van der Waals surface area contributed by atoms with Crippen LogP contribution in [0.25, 0.3) is 10.5 Å². The van der Waals surface area contributed by atoms with Crippen molar-refractivity contribution in [3.63, 3.8) is 0 Å². The molecule has 4 nitrogen and oxygen atoms in total. The maximum absolute atomic E-state index is 5.56. The van der Waals surface area contributed by atoms with Gasteiger partial charge in [0.05, 0.1) is 11.9 Å². The minimum atomic E-state index is 0.544. The van der Waals surface area contributed by atoms with Crippen LogP contribution in [0.15, 0.2) is 6.20 Å². The Bertz CT molecular complexity index is 460. The highest BCUT2D eigenvalue weighted by Crippen LogP contribution is 2.39. The van der Waals surface area contributed by atoms with E-state index < -0.39 is 0 Å². The van der Waals surface area contributed by atoms with E-state index in [0.29, 0.717) is 16.7 Å². The van der Waals surface area contributed by atoms with Crippen molar-refractivity contribution >= 4 is 26.9 Å². The SMILES string of the molecule is Nc1nc2ncc(C3CC3)nc2s1. The molecule has 1 aliphatic carbocycles. The molecule has 0 bridgehead atoms. The van der Waals surface area contributed by atoms with Gasteiger partial charge >= 0.3 is 0 Å². The van der Waals surface area contributed by atoms with Crippen LogP contribution in [-0.2, 0) is 0 Å². The lowest BCUT2D eigenvalue weighted by Crippen LogP contribution is -1.88. The van der Waals surface area contributed by atoms with Crippen LogP contribution in [0.4, 0.5) is 5.13 Å². The Morgan fingerprint density at radius 3 is 3.00 bits per heavy atom. The number of aromatic nitrogens is 3. The van der Waals surface area contributed by atoms with Crippen LogP contribution in [0.5, 0.6) is 0 Å². The van der Waals surface area contributed by atoms with Gasteiger partial charge < -0.3 is 5.73 Å². The molecular formula is C8H8N4S. The molecule has 0 saturated heterocycles. The van der Waals surface area contributed by atoms with Gasteiger partial charge in [0, 0.05) is 5.92 Å². The molecule has 0 radical (unpaired) electrons. The smallest absolute Gasteiger partial charge is 0.191 e. The van der Waals surface area contributed by atoms with E-state index in [0.717, 1.165) is 10.5 Å². The van der Waals surface area contributed by atoms with Crippen LogP contribution in [0, 0.1) is 0 Å². The standard InChI is InChI=1S/C8H8N4S/c9-8-12-6-7(13-8)11-5(3-10-6)4-1-2-4/h3-4H,1-2H2,(H2,9,10,12). The van der Waals surface area contributed by atoms with Crippen LogP contribution < -0.4 is 5.73 Å². The third kappa shape index (κ3) is 1.16. The summed E-state index contributed by atoms with van der Waals surface area (Å²) in [4.78, 5) is 13.6. The largest absolute Gasteiger partial charge is 0.375 e. The van der Waals surface area contributed by atoms with Gasteiger partial charge in [0.1, 0.15) is 0 Å². The second kappa shape index (κ2) is 2.38. The molecule has 1 saturated carbocycles. The van der Waals surface area contributed by atoms with Crippen molar-refractivity contribution in [2.45, 2.75) is 18.8 Å². The fourth-order valence-corrected chi connectivity index (χ4v) is 2.00. The first kappa shape index (κ1) is 7.20. The topological polar surface area (TPSA) is 64.7 Å². The molecule has 0 atom stereocenters. The summed E-state index contributed by atoms with van der Waals surface area (Å²) in [6, 6.07) is 0. The fraction of sp³-hybridized carbons (Fsp3) is 0.375. The zero-order valence-electron chi connectivity index (χ0n) is 6.90. The molecule has 2 aromatic heterocycles. The van der Waals surface area contributed by atoms with E-state index in [9.17, 15) is 0 Å². The molecule has 1 aliphatic rings. The lowest BCUT2D eigenvalue weighted by atomic mass is 10.3. The Morgan fingerprint density at radius 2 is 2.23 bits per heavy atom. The van der Waals surface area contributed by atoms with Crippen LogP contribution in [-0.4, -0.2) is 15.0 Å². The first-order valence-corrected chi connectivity index (χ1v) is 5.03. The highest BCUT2D eigenvalue weighted by molar-refractivity contribution is 7.21. The molecule has 66 valence electrons. The predicted octanol–water partition coefficient (Wildman–Crippen LogP) is 1.55. The van der Waals surface area contributed by atoms with Gasteiger partial charge in [-0.05, 0) is 12.8 Å². The number of nitrogen functional groups attached to an aromatic ring is 1. The molecule has 2 aromatic rings. The van der Waals surface area contributed by atoms with E-state index in [4.69, 9.17) is 5.73 Å². The van der Waals surface area contributed by atoms with Crippen molar-refractivity contribution in [3.05, 3.63) is 11.9 Å². The maximum Gasteiger partial charge on any atom is 0.191 e. The van der Waals surface area contributed by atoms with Crippen molar-refractivity contribution in [1.82, 2.24) is 15.0 Å². The number of rotatable bonds is 1. The van der Waals surface area contributed by atoms with Crippen molar-refractivity contribution in [1.29, 1.82) is 0 Å².